The Labute approximate surface area is 114 Å². The number of carbonyl (C=O) groups excluding carboxylic acids is 2. The van der Waals surface area contributed by atoms with Crippen LogP contribution in [0.4, 0.5) is 13.2 Å². The Morgan fingerprint density at radius 1 is 1.40 bits per heavy atom. The highest BCUT2D eigenvalue weighted by atomic mass is 19.4. The van der Waals surface area contributed by atoms with E-state index in [0.717, 1.165) is 0 Å². The van der Waals surface area contributed by atoms with Gasteiger partial charge in [0.1, 0.15) is 12.1 Å². The third-order valence-corrected chi connectivity index (χ3v) is 2.55. The molecule has 0 aromatic rings. The number of nitrogens with one attached hydrogen (secondary N) is 1. The first-order valence-electron chi connectivity index (χ1n) is 6.30. The van der Waals surface area contributed by atoms with Crippen molar-refractivity contribution >= 4 is 11.7 Å². The zero-order chi connectivity index (χ0) is 15.3. The lowest BCUT2D eigenvalue weighted by Gasteiger charge is -2.19. The lowest BCUT2D eigenvalue weighted by Crippen LogP contribution is -2.49. The number of epoxide rings is 1. The Kier molecular flexibility index (Phi) is 5.94. The van der Waals surface area contributed by atoms with Crippen molar-refractivity contribution in [2.24, 2.45) is 5.92 Å². The largest absolute Gasteiger partial charge is 0.471 e. The van der Waals surface area contributed by atoms with E-state index in [1.54, 1.807) is 19.2 Å². The van der Waals surface area contributed by atoms with Gasteiger partial charge >= 0.3 is 12.1 Å². The van der Waals surface area contributed by atoms with Crippen LogP contribution in [0.25, 0.3) is 0 Å². The Bertz CT molecular complexity index is 353. The second-order valence-electron chi connectivity index (χ2n) is 5.08. The third-order valence-electron chi connectivity index (χ3n) is 2.55. The standard InChI is InChI=1S/C12H18F3NO4/c1-7(2)3-10(17)9(6-19-4-8-5-20-8)16-11(18)12(13,14)15/h7-9H,3-6H2,1-2H3,(H,16,18)/t8?,9-/m0/s1. The minimum Gasteiger partial charge on any atom is -0.376 e. The number of ether oxygens (including phenoxy) is 2. The summed E-state index contributed by atoms with van der Waals surface area (Å²) in [5.74, 6) is -2.63. The Balaban J connectivity index is 2.52. The van der Waals surface area contributed by atoms with Crippen LogP contribution in [0, 0.1) is 5.92 Å². The van der Waals surface area contributed by atoms with E-state index >= 15 is 0 Å². The molecule has 20 heavy (non-hydrogen) atoms. The van der Waals surface area contributed by atoms with Crippen LogP contribution >= 0.6 is 0 Å². The van der Waals surface area contributed by atoms with Gasteiger partial charge in [0, 0.05) is 6.42 Å². The van der Waals surface area contributed by atoms with Gasteiger partial charge in [0.2, 0.25) is 0 Å². The summed E-state index contributed by atoms with van der Waals surface area (Å²) in [5, 5.41) is 1.68. The summed E-state index contributed by atoms with van der Waals surface area (Å²) in [5.41, 5.74) is 0. The molecule has 0 saturated carbocycles. The van der Waals surface area contributed by atoms with Crippen molar-refractivity contribution in [3.05, 3.63) is 0 Å². The van der Waals surface area contributed by atoms with Crippen molar-refractivity contribution < 1.29 is 32.2 Å². The van der Waals surface area contributed by atoms with Crippen molar-refractivity contribution in [1.29, 1.82) is 0 Å². The van der Waals surface area contributed by atoms with Crippen molar-refractivity contribution in [2.45, 2.75) is 38.6 Å². The molecule has 0 radical (unpaired) electrons. The first kappa shape index (κ1) is 16.9. The fourth-order valence-electron chi connectivity index (χ4n) is 1.48. The van der Waals surface area contributed by atoms with Gasteiger partial charge in [-0.1, -0.05) is 13.8 Å². The molecule has 1 heterocycles. The molecule has 1 aliphatic heterocycles. The monoisotopic (exact) mass is 297 g/mol. The number of amides is 1. The van der Waals surface area contributed by atoms with Crippen LogP contribution < -0.4 is 5.32 Å². The predicted octanol–water partition coefficient (Wildman–Crippen LogP) is 1.06. The molecular weight excluding hydrogens is 279 g/mol. The van der Waals surface area contributed by atoms with Gasteiger partial charge in [0.05, 0.1) is 19.8 Å². The molecule has 1 fully saturated rings. The number of rotatable bonds is 8. The van der Waals surface area contributed by atoms with Gasteiger partial charge in [-0.05, 0) is 5.92 Å². The number of Topliss-reactive ketones (excluding diaryl/α,β-unsaturated/α-hetero) is 1. The highest BCUT2D eigenvalue weighted by Crippen LogP contribution is 2.15. The minimum atomic E-state index is -5.02. The first-order valence-corrected chi connectivity index (χ1v) is 6.30. The third kappa shape index (κ3) is 6.33. The molecule has 0 aliphatic carbocycles. The molecule has 1 unspecified atom stereocenters. The van der Waals surface area contributed by atoms with Gasteiger partial charge in [-0.2, -0.15) is 13.2 Å². The molecule has 116 valence electrons. The lowest BCUT2D eigenvalue weighted by atomic mass is 10.0. The molecule has 5 nitrogen and oxygen atoms in total. The maximum atomic E-state index is 12.2. The summed E-state index contributed by atoms with van der Waals surface area (Å²) >= 11 is 0. The summed E-state index contributed by atoms with van der Waals surface area (Å²) < 4.78 is 46.6. The molecule has 1 rings (SSSR count). The summed E-state index contributed by atoms with van der Waals surface area (Å²) in [6.07, 6.45) is -5.00. The van der Waals surface area contributed by atoms with E-state index in [9.17, 15) is 22.8 Å². The van der Waals surface area contributed by atoms with Crippen LogP contribution in [0.15, 0.2) is 0 Å². The minimum absolute atomic E-state index is 0.0143. The van der Waals surface area contributed by atoms with Gasteiger partial charge in [0.25, 0.3) is 0 Å². The molecule has 0 bridgehead atoms. The van der Waals surface area contributed by atoms with E-state index in [4.69, 9.17) is 9.47 Å². The van der Waals surface area contributed by atoms with Gasteiger partial charge in [0.15, 0.2) is 5.78 Å². The number of carbonyl (C=O) groups is 2. The van der Waals surface area contributed by atoms with Crippen LogP contribution in [0.1, 0.15) is 20.3 Å². The molecule has 1 amide bonds. The Morgan fingerprint density at radius 2 is 2.00 bits per heavy atom. The fraction of sp³-hybridized carbons (Fsp3) is 0.833. The summed E-state index contributed by atoms with van der Waals surface area (Å²) in [6.45, 7) is 3.99. The number of hydrogen-bond donors (Lipinski definition) is 1. The van der Waals surface area contributed by atoms with E-state index in [0.29, 0.717) is 6.61 Å². The van der Waals surface area contributed by atoms with Gasteiger partial charge < -0.3 is 14.8 Å². The predicted molar refractivity (Wildman–Crippen MR) is 63.0 cm³/mol. The second kappa shape index (κ2) is 7.03. The smallest absolute Gasteiger partial charge is 0.376 e. The maximum Gasteiger partial charge on any atom is 0.471 e. The Hall–Kier alpha value is -1.15. The number of halogens is 3. The normalized spacial score (nSPS) is 19.8. The van der Waals surface area contributed by atoms with Crippen molar-refractivity contribution in [2.75, 3.05) is 19.8 Å². The van der Waals surface area contributed by atoms with Crippen LogP contribution in [0.5, 0.6) is 0 Å². The molecule has 1 saturated heterocycles. The molecule has 1 aliphatic rings. The zero-order valence-electron chi connectivity index (χ0n) is 11.3. The number of ketones is 1. The van der Waals surface area contributed by atoms with Crippen LogP contribution in [0.3, 0.4) is 0 Å². The van der Waals surface area contributed by atoms with E-state index in [1.807, 2.05) is 0 Å². The number of alkyl halides is 3. The highest BCUT2D eigenvalue weighted by Gasteiger charge is 2.40. The van der Waals surface area contributed by atoms with Crippen molar-refractivity contribution in [3.63, 3.8) is 0 Å². The van der Waals surface area contributed by atoms with E-state index < -0.39 is 23.9 Å². The van der Waals surface area contributed by atoms with Gasteiger partial charge in [-0.15, -0.1) is 0 Å². The molecule has 2 atom stereocenters. The second-order valence-corrected chi connectivity index (χ2v) is 5.08. The van der Waals surface area contributed by atoms with Gasteiger partial charge in [-0.3, -0.25) is 9.59 Å². The Morgan fingerprint density at radius 3 is 2.45 bits per heavy atom. The summed E-state index contributed by atoms with van der Waals surface area (Å²) in [6, 6.07) is -1.29. The lowest BCUT2D eigenvalue weighted by molar-refractivity contribution is -0.175. The van der Waals surface area contributed by atoms with Crippen molar-refractivity contribution in [3.8, 4) is 0 Å². The van der Waals surface area contributed by atoms with Crippen LogP contribution in [-0.4, -0.2) is 49.8 Å². The SMILES string of the molecule is CC(C)CC(=O)[C@H](COCC1CO1)NC(=O)C(F)(F)F. The van der Waals surface area contributed by atoms with E-state index in [2.05, 4.69) is 0 Å². The first-order chi connectivity index (χ1) is 9.20. The fourth-order valence-corrected chi connectivity index (χ4v) is 1.48. The van der Waals surface area contributed by atoms with Crippen LogP contribution in [0.2, 0.25) is 0 Å². The summed E-state index contributed by atoms with van der Waals surface area (Å²) in [4.78, 5) is 22.7. The molecule has 8 heteroatoms. The summed E-state index contributed by atoms with van der Waals surface area (Å²) in [7, 11) is 0. The van der Waals surface area contributed by atoms with Crippen molar-refractivity contribution in [1.82, 2.24) is 5.32 Å². The maximum absolute atomic E-state index is 12.2. The molecule has 0 aromatic carbocycles. The average Bonchev–Trinajstić information content (AvgIpc) is 3.09. The highest BCUT2D eigenvalue weighted by molar-refractivity contribution is 5.91. The number of hydrogen-bond acceptors (Lipinski definition) is 4. The molecule has 0 spiro atoms. The topological polar surface area (TPSA) is 67.9 Å². The van der Waals surface area contributed by atoms with E-state index in [1.165, 1.54) is 0 Å². The quantitative estimate of drug-likeness (QED) is 0.680. The molecule has 0 aromatic heterocycles. The molecular formula is C12H18F3NO4. The zero-order valence-corrected chi connectivity index (χ0v) is 11.3. The average molecular weight is 297 g/mol. The van der Waals surface area contributed by atoms with Gasteiger partial charge in [-0.25, -0.2) is 0 Å². The van der Waals surface area contributed by atoms with Crippen LogP contribution in [-0.2, 0) is 19.1 Å². The molecule has 1 N–H and O–H groups in total. The van der Waals surface area contributed by atoms with E-state index in [-0.39, 0.29) is 31.7 Å².